The van der Waals surface area contributed by atoms with Gasteiger partial charge in [0.05, 0.1) is 11.4 Å². The van der Waals surface area contributed by atoms with Crippen LogP contribution in [-0.2, 0) is 10.2 Å². The molecule has 0 radical (unpaired) electrons. The van der Waals surface area contributed by atoms with Gasteiger partial charge in [0.15, 0.2) is 0 Å². The molecule has 2 aromatic rings. The molecular formula is C14H16N4O2S. The first-order valence-electron chi connectivity index (χ1n) is 6.24. The van der Waals surface area contributed by atoms with Crippen molar-refractivity contribution in [3.8, 4) is 0 Å². The van der Waals surface area contributed by atoms with E-state index < -0.39 is 10.2 Å². The molecule has 0 aromatic heterocycles. The van der Waals surface area contributed by atoms with E-state index in [0.29, 0.717) is 11.4 Å². The minimum atomic E-state index is -3.49. The van der Waals surface area contributed by atoms with E-state index in [1.54, 1.807) is 24.3 Å². The van der Waals surface area contributed by atoms with Crippen LogP contribution < -0.4 is 4.72 Å². The summed E-state index contributed by atoms with van der Waals surface area (Å²) >= 11 is 0. The Morgan fingerprint density at radius 1 is 0.857 bits per heavy atom. The Bertz CT molecular complexity index is 710. The molecule has 2 aromatic carbocycles. The van der Waals surface area contributed by atoms with Crippen molar-refractivity contribution in [1.82, 2.24) is 4.31 Å². The van der Waals surface area contributed by atoms with Crippen LogP contribution in [0.1, 0.15) is 0 Å². The van der Waals surface area contributed by atoms with Crippen LogP contribution in [0.15, 0.2) is 64.8 Å². The van der Waals surface area contributed by atoms with Crippen molar-refractivity contribution in [2.75, 3.05) is 18.8 Å². The van der Waals surface area contributed by atoms with E-state index in [1.165, 1.54) is 14.1 Å². The topological polar surface area (TPSA) is 74.1 Å². The van der Waals surface area contributed by atoms with E-state index >= 15 is 0 Å². The quantitative estimate of drug-likeness (QED) is 0.860. The molecule has 110 valence electrons. The first kappa shape index (κ1) is 15.1. The van der Waals surface area contributed by atoms with Crippen LogP contribution in [0.4, 0.5) is 17.1 Å². The fourth-order valence-corrected chi connectivity index (χ4v) is 2.06. The molecular weight excluding hydrogens is 288 g/mol. The predicted molar refractivity (Wildman–Crippen MR) is 83.3 cm³/mol. The van der Waals surface area contributed by atoms with Gasteiger partial charge in [0.2, 0.25) is 0 Å². The van der Waals surface area contributed by atoms with Crippen molar-refractivity contribution in [3.63, 3.8) is 0 Å². The van der Waals surface area contributed by atoms with Gasteiger partial charge in [-0.25, -0.2) is 0 Å². The summed E-state index contributed by atoms with van der Waals surface area (Å²) in [5.41, 5.74) is 1.88. The van der Waals surface area contributed by atoms with Gasteiger partial charge in [-0.2, -0.15) is 23.0 Å². The highest BCUT2D eigenvalue weighted by Gasteiger charge is 2.12. The Morgan fingerprint density at radius 3 is 1.90 bits per heavy atom. The van der Waals surface area contributed by atoms with Crippen molar-refractivity contribution in [3.05, 3.63) is 54.6 Å². The summed E-state index contributed by atoms with van der Waals surface area (Å²) in [7, 11) is -0.564. The minimum Gasteiger partial charge on any atom is -0.271 e. The number of azo groups is 1. The van der Waals surface area contributed by atoms with Crippen LogP contribution in [0.2, 0.25) is 0 Å². The van der Waals surface area contributed by atoms with Gasteiger partial charge in [-0.05, 0) is 36.4 Å². The average molecular weight is 304 g/mol. The van der Waals surface area contributed by atoms with Crippen LogP contribution in [0.5, 0.6) is 0 Å². The summed E-state index contributed by atoms with van der Waals surface area (Å²) in [5.74, 6) is 0. The van der Waals surface area contributed by atoms with Crippen molar-refractivity contribution in [1.29, 1.82) is 0 Å². The highest BCUT2D eigenvalue weighted by atomic mass is 32.2. The zero-order valence-electron chi connectivity index (χ0n) is 11.8. The van der Waals surface area contributed by atoms with Gasteiger partial charge < -0.3 is 0 Å². The maximum absolute atomic E-state index is 11.7. The molecule has 0 amide bonds. The number of hydrogen-bond acceptors (Lipinski definition) is 4. The van der Waals surface area contributed by atoms with Gasteiger partial charge in [0.1, 0.15) is 0 Å². The lowest BCUT2D eigenvalue weighted by Crippen LogP contribution is -2.28. The molecule has 7 heteroatoms. The number of nitrogens with zero attached hydrogens (tertiary/aromatic N) is 3. The smallest absolute Gasteiger partial charge is 0.271 e. The lowest BCUT2D eigenvalue weighted by atomic mass is 10.3. The average Bonchev–Trinajstić information content (AvgIpc) is 2.47. The molecule has 1 N–H and O–H groups in total. The Kier molecular flexibility index (Phi) is 4.66. The third-order valence-electron chi connectivity index (χ3n) is 2.63. The van der Waals surface area contributed by atoms with Crippen LogP contribution in [0.25, 0.3) is 0 Å². The van der Waals surface area contributed by atoms with Gasteiger partial charge in [0, 0.05) is 19.8 Å². The second-order valence-corrected chi connectivity index (χ2v) is 6.36. The molecule has 0 aliphatic carbocycles. The van der Waals surface area contributed by atoms with Gasteiger partial charge >= 0.3 is 10.2 Å². The number of hydrogen-bond donors (Lipinski definition) is 1. The van der Waals surface area contributed by atoms with E-state index in [2.05, 4.69) is 15.0 Å². The Balaban J connectivity index is 2.08. The lowest BCUT2D eigenvalue weighted by molar-refractivity contribution is 0.527. The van der Waals surface area contributed by atoms with E-state index in [0.717, 1.165) is 9.99 Å². The van der Waals surface area contributed by atoms with Gasteiger partial charge in [-0.3, -0.25) is 4.72 Å². The molecule has 0 saturated carbocycles. The SMILES string of the molecule is CN(C)S(=O)(=O)Nc1ccc(N=Nc2ccccc2)cc1. The highest BCUT2D eigenvalue weighted by Crippen LogP contribution is 2.20. The third kappa shape index (κ3) is 4.37. The molecule has 0 heterocycles. The summed E-state index contributed by atoms with van der Waals surface area (Å²) in [5, 5.41) is 8.17. The van der Waals surface area contributed by atoms with Gasteiger partial charge in [-0.1, -0.05) is 18.2 Å². The molecule has 0 bridgehead atoms. The zero-order valence-corrected chi connectivity index (χ0v) is 12.6. The molecule has 21 heavy (non-hydrogen) atoms. The van der Waals surface area contributed by atoms with Crippen molar-refractivity contribution in [2.24, 2.45) is 10.2 Å². The Labute approximate surface area is 124 Å². The fourth-order valence-electron chi connectivity index (χ4n) is 1.45. The fraction of sp³-hybridized carbons (Fsp3) is 0.143. The summed E-state index contributed by atoms with van der Waals surface area (Å²) in [4.78, 5) is 0. The normalized spacial score (nSPS) is 12.0. The first-order valence-corrected chi connectivity index (χ1v) is 7.68. The van der Waals surface area contributed by atoms with Crippen LogP contribution >= 0.6 is 0 Å². The maximum atomic E-state index is 11.7. The monoisotopic (exact) mass is 304 g/mol. The maximum Gasteiger partial charge on any atom is 0.301 e. The lowest BCUT2D eigenvalue weighted by Gasteiger charge is -2.13. The summed E-state index contributed by atoms with van der Waals surface area (Å²) in [6.07, 6.45) is 0. The van der Waals surface area contributed by atoms with E-state index in [4.69, 9.17) is 0 Å². The molecule has 0 fully saturated rings. The molecule has 0 saturated heterocycles. The van der Waals surface area contributed by atoms with Crippen LogP contribution in [0.3, 0.4) is 0 Å². The summed E-state index contributed by atoms with van der Waals surface area (Å²) in [6, 6.07) is 16.0. The largest absolute Gasteiger partial charge is 0.301 e. The molecule has 6 nitrogen and oxygen atoms in total. The first-order chi connectivity index (χ1) is 9.97. The Hall–Kier alpha value is -2.25. The third-order valence-corrected chi connectivity index (χ3v) is 4.09. The second-order valence-electron chi connectivity index (χ2n) is 4.47. The number of rotatable bonds is 5. The number of nitrogens with one attached hydrogen (secondary N) is 1. The van der Waals surface area contributed by atoms with Crippen molar-refractivity contribution >= 4 is 27.3 Å². The van der Waals surface area contributed by atoms with E-state index in [1.807, 2.05) is 30.3 Å². The molecule has 0 aliphatic rings. The molecule has 0 aliphatic heterocycles. The van der Waals surface area contributed by atoms with Crippen LogP contribution in [-0.4, -0.2) is 26.8 Å². The number of benzene rings is 2. The van der Waals surface area contributed by atoms with E-state index in [-0.39, 0.29) is 0 Å². The standard InChI is InChI=1S/C14H16N4O2S/c1-18(2)21(19,20)17-14-10-8-13(9-11-14)16-15-12-6-4-3-5-7-12/h3-11,17H,1-2H3. The van der Waals surface area contributed by atoms with Crippen LogP contribution in [0, 0.1) is 0 Å². The minimum absolute atomic E-state index is 0.474. The summed E-state index contributed by atoms with van der Waals surface area (Å²) in [6.45, 7) is 0. The molecule has 2 rings (SSSR count). The van der Waals surface area contributed by atoms with E-state index in [9.17, 15) is 8.42 Å². The molecule has 0 spiro atoms. The predicted octanol–water partition coefficient (Wildman–Crippen LogP) is 3.32. The van der Waals surface area contributed by atoms with Crippen molar-refractivity contribution in [2.45, 2.75) is 0 Å². The number of anilines is 1. The van der Waals surface area contributed by atoms with Crippen molar-refractivity contribution < 1.29 is 8.42 Å². The van der Waals surface area contributed by atoms with Gasteiger partial charge in [-0.15, -0.1) is 0 Å². The zero-order chi connectivity index (χ0) is 15.3. The highest BCUT2D eigenvalue weighted by molar-refractivity contribution is 7.90. The van der Waals surface area contributed by atoms with Gasteiger partial charge in [0.25, 0.3) is 0 Å². The second kappa shape index (κ2) is 6.47. The molecule has 0 atom stereocenters. The summed E-state index contributed by atoms with van der Waals surface area (Å²) < 4.78 is 26.9. The Morgan fingerprint density at radius 2 is 1.38 bits per heavy atom. The molecule has 0 unspecified atom stereocenters.